The lowest BCUT2D eigenvalue weighted by Crippen LogP contribution is -2.33. The van der Waals surface area contributed by atoms with E-state index < -0.39 is 0 Å². The van der Waals surface area contributed by atoms with Crippen LogP contribution in [-0.4, -0.2) is 23.9 Å². The smallest absolute Gasteiger partial charge is 0.238 e. The van der Waals surface area contributed by atoms with Gasteiger partial charge in [-0.05, 0) is 30.7 Å². The van der Waals surface area contributed by atoms with E-state index in [1.807, 2.05) is 18.2 Å². The van der Waals surface area contributed by atoms with E-state index in [0.29, 0.717) is 22.3 Å². The summed E-state index contributed by atoms with van der Waals surface area (Å²) < 4.78 is 0. The summed E-state index contributed by atoms with van der Waals surface area (Å²) in [6.45, 7) is 3.97. The molecular formula is C18H20Cl2N2O. The van der Waals surface area contributed by atoms with E-state index in [2.05, 4.69) is 29.3 Å². The van der Waals surface area contributed by atoms with Gasteiger partial charge in [-0.3, -0.25) is 9.69 Å². The van der Waals surface area contributed by atoms with E-state index in [-0.39, 0.29) is 5.91 Å². The SMILES string of the molecule is CCCN(CC(=O)Nc1c(Cl)cccc1Cl)Cc1ccccc1. The summed E-state index contributed by atoms with van der Waals surface area (Å²) in [4.78, 5) is 14.4. The molecule has 2 aromatic rings. The molecule has 0 bridgehead atoms. The normalized spacial score (nSPS) is 10.8. The standard InChI is InChI=1S/C18H20Cl2N2O/c1-2-11-22(12-14-7-4-3-5-8-14)13-17(23)21-18-15(19)9-6-10-16(18)20/h3-10H,2,11-13H2,1H3,(H,21,23). The van der Waals surface area contributed by atoms with Crippen molar-refractivity contribution in [2.24, 2.45) is 0 Å². The number of carbonyl (C=O) groups excluding carboxylic acids is 1. The molecule has 0 fully saturated rings. The van der Waals surface area contributed by atoms with Gasteiger partial charge in [0.2, 0.25) is 5.91 Å². The van der Waals surface area contributed by atoms with Crippen LogP contribution in [0.25, 0.3) is 0 Å². The van der Waals surface area contributed by atoms with Gasteiger partial charge in [0, 0.05) is 6.54 Å². The molecule has 0 unspecified atom stereocenters. The van der Waals surface area contributed by atoms with Gasteiger partial charge in [0.1, 0.15) is 0 Å². The Morgan fingerprint density at radius 3 is 2.30 bits per heavy atom. The number of para-hydroxylation sites is 1. The van der Waals surface area contributed by atoms with Gasteiger partial charge in [-0.2, -0.15) is 0 Å². The molecule has 23 heavy (non-hydrogen) atoms. The summed E-state index contributed by atoms with van der Waals surface area (Å²) in [5.74, 6) is -0.121. The topological polar surface area (TPSA) is 32.3 Å². The van der Waals surface area contributed by atoms with Gasteiger partial charge in [0.05, 0.1) is 22.3 Å². The molecule has 0 heterocycles. The molecule has 0 aliphatic rings. The second kappa shape index (κ2) is 8.92. The Balaban J connectivity index is 2.00. The first kappa shape index (κ1) is 17.8. The van der Waals surface area contributed by atoms with Crippen molar-refractivity contribution < 1.29 is 4.79 Å². The number of rotatable bonds is 7. The highest BCUT2D eigenvalue weighted by Gasteiger charge is 2.13. The third-order valence-electron chi connectivity index (χ3n) is 3.38. The van der Waals surface area contributed by atoms with E-state index in [1.165, 1.54) is 5.56 Å². The lowest BCUT2D eigenvalue weighted by molar-refractivity contribution is -0.117. The lowest BCUT2D eigenvalue weighted by atomic mass is 10.2. The van der Waals surface area contributed by atoms with Crippen molar-refractivity contribution in [3.63, 3.8) is 0 Å². The molecule has 5 heteroatoms. The molecule has 2 aromatic carbocycles. The number of amides is 1. The Hall–Kier alpha value is -1.55. The van der Waals surface area contributed by atoms with E-state index in [1.54, 1.807) is 18.2 Å². The summed E-state index contributed by atoms with van der Waals surface area (Å²) in [5, 5.41) is 3.69. The van der Waals surface area contributed by atoms with Crippen molar-refractivity contribution >= 4 is 34.8 Å². The zero-order valence-corrected chi connectivity index (χ0v) is 14.6. The second-order valence-corrected chi connectivity index (χ2v) is 6.16. The largest absolute Gasteiger partial charge is 0.322 e. The highest BCUT2D eigenvalue weighted by Crippen LogP contribution is 2.29. The number of hydrogen-bond donors (Lipinski definition) is 1. The minimum Gasteiger partial charge on any atom is -0.322 e. The average Bonchev–Trinajstić information content (AvgIpc) is 2.52. The number of benzene rings is 2. The number of nitrogens with one attached hydrogen (secondary N) is 1. The highest BCUT2D eigenvalue weighted by molar-refractivity contribution is 6.39. The fourth-order valence-corrected chi connectivity index (χ4v) is 2.86. The van der Waals surface area contributed by atoms with Crippen LogP contribution in [0.2, 0.25) is 10.0 Å². The van der Waals surface area contributed by atoms with Crippen LogP contribution in [0.4, 0.5) is 5.69 Å². The van der Waals surface area contributed by atoms with Crippen molar-refractivity contribution in [1.82, 2.24) is 4.90 Å². The van der Waals surface area contributed by atoms with Gasteiger partial charge in [0.25, 0.3) is 0 Å². The molecule has 0 saturated heterocycles. The summed E-state index contributed by atoms with van der Waals surface area (Å²) in [6, 6.07) is 15.3. The van der Waals surface area contributed by atoms with Gasteiger partial charge in [-0.25, -0.2) is 0 Å². The molecule has 2 rings (SSSR count). The Kier molecular flexibility index (Phi) is 6.90. The molecule has 0 radical (unpaired) electrons. The van der Waals surface area contributed by atoms with Gasteiger partial charge in [-0.15, -0.1) is 0 Å². The van der Waals surface area contributed by atoms with E-state index in [0.717, 1.165) is 19.5 Å². The molecule has 0 aromatic heterocycles. The first-order chi connectivity index (χ1) is 11.1. The Labute approximate surface area is 147 Å². The van der Waals surface area contributed by atoms with Crippen LogP contribution in [0, 0.1) is 0 Å². The molecule has 0 spiro atoms. The van der Waals surface area contributed by atoms with Crippen LogP contribution in [-0.2, 0) is 11.3 Å². The van der Waals surface area contributed by atoms with Crippen molar-refractivity contribution in [2.75, 3.05) is 18.4 Å². The monoisotopic (exact) mass is 350 g/mol. The fraction of sp³-hybridized carbons (Fsp3) is 0.278. The maximum absolute atomic E-state index is 12.3. The predicted octanol–water partition coefficient (Wildman–Crippen LogP) is 4.84. The molecule has 0 saturated carbocycles. The van der Waals surface area contributed by atoms with Crippen LogP contribution in [0.1, 0.15) is 18.9 Å². The Morgan fingerprint density at radius 2 is 1.70 bits per heavy atom. The molecule has 3 nitrogen and oxygen atoms in total. The average molecular weight is 351 g/mol. The van der Waals surface area contributed by atoms with Gasteiger partial charge in [-0.1, -0.05) is 66.5 Å². The zero-order chi connectivity index (χ0) is 16.7. The summed E-state index contributed by atoms with van der Waals surface area (Å²) in [6.07, 6.45) is 0.979. The van der Waals surface area contributed by atoms with Crippen LogP contribution in [0.3, 0.4) is 0 Å². The molecule has 0 atom stereocenters. The van der Waals surface area contributed by atoms with Crippen molar-refractivity contribution in [1.29, 1.82) is 0 Å². The number of hydrogen-bond acceptors (Lipinski definition) is 2. The van der Waals surface area contributed by atoms with E-state index >= 15 is 0 Å². The van der Waals surface area contributed by atoms with Crippen LogP contribution in [0.15, 0.2) is 48.5 Å². The number of nitrogens with zero attached hydrogens (tertiary/aromatic N) is 1. The third-order valence-corrected chi connectivity index (χ3v) is 4.01. The molecule has 1 amide bonds. The number of halogens is 2. The molecule has 0 aliphatic heterocycles. The van der Waals surface area contributed by atoms with E-state index in [4.69, 9.17) is 23.2 Å². The summed E-state index contributed by atoms with van der Waals surface area (Å²) >= 11 is 12.2. The van der Waals surface area contributed by atoms with Crippen molar-refractivity contribution in [3.8, 4) is 0 Å². The zero-order valence-electron chi connectivity index (χ0n) is 13.1. The molecular weight excluding hydrogens is 331 g/mol. The Bertz CT molecular complexity index is 626. The lowest BCUT2D eigenvalue weighted by Gasteiger charge is -2.21. The van der Waals surface area contributed by atoms with Crippen LogP contribution < -0.4 is 5.32 Å². The van der Waals surface area contributed by atoms with Crippen LogP contribution in [0.5, 0.6) is 0 Å². The second-order valence-electron chi connectivity index (χ2n) is 5.34. The highest BCUT2D eigenvalue weighted by atomic mass is 35.5. The number of carbonyl (C=O) groups is 1. The molecule has 1 N–H and O–H groups in total. The van der Waals surface area contributed by atoms with Crippen molar-refractivity contribution in [3.05, 3.63) is 64.1 Å². The summed E-state index contributed by atoms with van der Waals surface area (Å²) in [7, 11) is 0. The maximum atomic E-state index is 12.3. The molecule has 0 aliphatic carbocycles. The quantitative estimate of drug-likeness (QED) is 0.774. The number of anilines is 1. The van der Waals surface area contributed by atoms with Gasteiger partial charge >= 0.3 is 0 Å². The van der Waals surface area contributed by atoms with Crippen LogP contribution >= 0.6 is 23.2 Å². The first-order valence-electron chi connectivity index (χ1n) is 7.60. The fourth-order valence-electron chi connectivity index (χ4n) is 2.37. The van der Waals surface area contributed by atoms with Gasteiger partial charge in [0.15, 0.2) is 0 Å². The van der Waals surface area contributed by atoms with Gasteiger partial charge < -0.3 is 5.32 Å². The summed E-state index contributed by atoms with van der Waals surface area (Å²) in [5.41, 5.74) is 1.65. The Morgan fingerprint density at radius 1 is 1.04 bits per heavy atom. The van der Waals surface area contributed by atoms with E-state index in [9.17, 15) is 4.79 Å². The molecule has 122 valence electrons. The minimum absolute atomic E-state index is 0.121. The predicted molar refractivity (Wildman–Crippen MR) is 97.1 cm³/mol. The maximum Gasteiger partial charge on any atom is 0.238 e. The third kappa shape index (κ3) is 5.54. The first-order valence-corrected chi connectivity index (χ1v) is 8.36. The van der Waals surface area contributed by atoms with Crippen molar-refractivity contribution in [2.45, 2.75) is 19.9 Å². The minimum atomic E-state index is -0.121.